The van der Waals surface area contributed by atoms with Crippen LogP contribution in [-0.2, 0) is 28.7 Å². The minimum Gasteiger partial charge on any atom is -0.462 e. The number of Topliss-reactive ketones (excluding diaryl/α,β-unsaturated/α-hetero) is 1. The minimum atomic E-state index is -0.901. The Morgan fingerprint density at radius 2 is 1.14 bits per heavy atom. The molecule has 0 saturated carbocycles. The smallest absolute Gasteiger partial charge is 0.313 e. The van der Waals surface area contributed by atoms with Gasteiger partial charge in [0.15, 0.2) is 0 Å². The molecule has 0 radical (unpaired) electrons. The zero-order valence-electron chi connectivity index (χ0n) is 35.9. The summed E-state index contributed by atoms with van der Waals surface area (Å²) in [4.78, 5) is 53.0. The van der Waals surface area contributed by atoms with Crippen LogP contribution in [-0.4, -0.2) is 64.5 Å². The summed E-state index contributed by atoms with van der Waals surface area (Å²) in [6.45, 7) is 41.5. The van der Waals surface area contributed by atoms with Gasteiger partial charge in [-0.2, -0.15) is 0 Å². The van der Waals surface area contributed by atoms with Gasteiger partial charge < -0.3 is 19.5 Å². The Balaban J connectivity index is 3.83. The van der Waals surface area contributed by atoms with Crippen LogP contribution in [0.1, 0.15) is 171 Å². The third-order valence-corrected chi connectivity index (χ3v) is 13.4. The summed E-state index contributed by atoms with van der Waals surface area (Å²) in [6.07, 6.45) is 0.0473. The van der Waals surface area contributed by atoms with Gasteiger partial charge in [-0.25, -0.2) is 0 Å². The highest BCUT2D eigenvalue weighted by Crippen LogP contribution is 2.59. The van der Waals surface area contributed by atoms with Crippen LogP contribution in [0, 0.1) is 43.3 Å². The van der Waals surface area contributed by atoms with E-state index in [0.29, 0.717) is 25.8 Å². The number of aliphatic hydroxyl groups excluding tert-OH is 1. The van der Waals surface area contributed by atoms with Gasteiger partial charge in [0, 0.05) is 36.8 Å². The molecule has 0 aromatic carbocycles. The van der Waals surface area contributed by atoms with E-state index in [1.54, 1.807) is 0 Å². The third-order valence-electron chi connectivity index (χ3n) is 13.4. The molecule has 1 aliphatic rings. The van der Waals surface area contributed by atoms with Crippen molar-refractivity contribution in [3.05, 3.63) is 0 Å². The maximum atomic E-state index is 13.3. The fraction of sp³-hybridized carbons (Fsp3) is 0.905. The maximum absolute atomic E-state index is 13.3. The van der Waals surface area contributed by atoms with E-state index in [1.165, 1.54) is 13.8 Å². The van der Waals surface area contributed by atoms with Crippen LogP contribution in [0.15, 0.2) is 0 Å². The first-order valence-electron chi connectivity index (χ1n) is 18.8. The van der Waals surface area contributed by atoms with Crippen LogP contribution in [0.4, 0.5) is 0 Å². The molecule has 0 aromatic heterocycles. The van der Waals surface area contributed by atoms with Crippen LogP contribution >= 0.6 is 0 Å². The maximum Gasteiger partial charge on any atom is 0.313 e. The van der Waals surface area contributed by atoms with Crippen molar-refractivity contribution in [2.24, 2.45) is 43.3 Å². The fourth-order valence-corrected chi connectivity index (χ4v) is 8.47. The van der Waals surface area contributed by atoms with Gasteiger partial charge in [0.2, 0.25) is 5.91 Å². The second-order valence-electron chi connectivity index (χ2n) is 21.3. The number of amides is 1. The summed E-state index contributed by atoms with van der Waals surface area (Å²) in [5, 5.41) is 12.7. The first kappa shape index (κ1) is 46.1. The number of hydrogen-bond donors (Lipinski definition) is 1. The summed E-state index contributed by atoms with van der Waals surface area (Å²) in [5.41, 5.74) is -4.38. The van der Waals surface area contributed by atoms with Crippen LogP contribution in [0.25, 0.3) is 0 Å². The van der Waals surface area contributed by atoms with Crippen molar-refractivity contribution in [1.82, 2.24) is 4.90 Å². The second-order valence-corrected chi connectivity index (χ2v) is 21.3. The zero-order valence-corrected chi connectivity index (χ0v) is 35.9. The van der Waals surface area contributed by atoms with E-state index in [9.17, 15) is 24.3 Å². The quantitative estimate of drug-likeness (QED) is 0.126. The largest absolute Gasteiger partial charge is 0.462 e. The highest BCUT2D eigenvalue weighted by atomic mass is 16.5. The Morgan fingerprint density at radius 3 is 1.52 bits per heavy atom. The predicted molar refractivity (Wildman–Crippen MR) is 202 cm³/mol. The van der Waals surface area contributed by atoms with E-state index in [4.69, 9.17) is 9.47 Å². The molecule has 4 atom stereocenters. The molecule has 0 spiro atoms. The Labute approximate surface area is 306 Å². The normalized spacial score (nSPS) is 18.4. The standard InChI is InChI=1S/C42H77NO7/c1-27(44)24-32(47)50-30(26-37(9,10)38(11,12)29(49-28(2)45)25-35(3,4)5)39(13,14)41(17,18)34(48)42(19,20)40(15,16)33(36(6,7)8)43-23-21-22-31(43)46/h29-30,33-34,48H,21-26H2,1-20H3. The fourth-order valence-electron chi connectivity index (χ4n) is 8.47. The summed E-state index contributed by atoms with van der Waals surface area (Å²) in [5.74, 6) is -1.06. The zero-order chi connectivity index (χ0) is 39.9. The van der Waals surface area contributed by atoms with E-state index < -0.39 is 56.8 Å². The highest BCUT2D eigenvalue weighted by molar-refractivity contribution is 5.94. The van der Waals surface area contributed by atoms with Gasteiger partial charge in [0.1, 0.15) is 24.4 Å². The van der Waals surface area contributed by atoms with Crippen molar-refractivity contribution in [2.75, 3.05) is 6.54 Å². The molecular formula is C42H77NO7. The van der Waals surface area contributed by atoms with Gasteiger partial charge in [-0.05, 0) is 58.7 Å². The number of carbonyl (C=O) groups excluding carboxylic acids is 4. The molecule has 8 nitrogen and oxygen atoms in total. The van der Waals surface area contributed by atoms with Gasteiger partial charge in [-0.1, -0.05) is 125 Å². The molecule has 4 unspecified atom stereocenters. The van der Waals surface area contributed by atoms with Gasteiger partial charge in [-0.3, -0.25) is 19.2 Å². The number of hydrogen-bond acceptors (Lipinski definition) is 7. The van der Waals surface area contributed by atoms with Crippen LogP contribution in [0.3, 0.4) is 0 Å². The predicted octanol–water partition coefficient (Wildman–Crippen LogP) is 9.19. The lowest BCUT2D eigenvalue weighted by Gasteiger charge is -2.61. The molecule has 1 rings (SSSR count). The minimum absolute atomic E-state index is 0.116. The van der Waals surface area contributed by atoms with Crippen molar-refractivity contribution in [3.63, 3.8) is 0 Å². The first-order valence-corrected chi connectivity index (χ1v) is 18.8. The molecule has 292 valence electrons. The van der Waals surface area contributed by atoms with Gasteiger partial charge >= 0.3 is 11.9 Å². The Hall–Kier alpha value is -1.96. The lowest BCUT2D eigenvalue weighted by Crippen LogP contribution is -2.64. The lowest BCUT2D eigenvalue weighted by molar-refractivity contribution is -0.203. The monoisotopic (exact) mass is 708 g/mol. The number of likely N-dealkylation sites (tertiary alicyclic amines) is 1. The summed E-state index contributed by atoms with van der Waals surface area (Å²) in [6, 6.07) is -0.140. The van der Waals surface area contributed by atoms with Crippen LogP contribution in [0.5, 0.6) is 0 Å². The van der Waals surface area contributed by atoms with Crippen molar-refractivity contribution >= 4 is 23.6 Å². The van der Waals surface area contributed by atoms with E-state index in [-0.39, 0.29) is 41.0 Å². The van der Waals surface area contributed by atoms with Crippen LogP contribution in [0.2, 0.25) is 0 Å². The second kappa shape index (κ2) is 15.2. The summed E-state index contributed by atoms with van der Waals surface area (Å²) in [7, 11) is 0. The highest BCUT2D eigenvalue weighted by Gasteiger charge is 2.61. The van der Waals surface area contributed by atoms with Gasteiger partial charge in [0.05, 0.1) is 6.10 Å². The number of carbonyl (C=O) groups is 4. The summed E-state index contributed by atoms with van der Waals surface area (Å²) >= 11 is 0. The first-order chi connectivity index (χ1) is 22.0. The van der Waals surface area contributed by atoms with Crippen LogP contribution < -0.4 is 0 Å². The molecule has 1 aliphatic heterocycles. The van der Waals surface area contributed by atoms with E-state index in [0.717, 1.165) is 6.42 Å². The molecule has 1 amide bonds. The molecule has 8 heteroatoms. The number of aliphatic hydroxyl groups is 1. The van der Waals surface area contributed by atoms with Gasteiger partial charge in [0.25, 0.3) is 0 Å². The molecule has 0 aliphatic carbocycles. The van der Waals surface area contributed by atoms with E-state index in [2.05, 4.69) is 96.9 Å². The van der Waals surface area contributed by atoms with E-state index >= 15 is 0 Å². The number of esters is 2. The number of nitrogens with zero attached hydrogens (tertiary/aromatic N) is 1. The van der Waals surface area contributed by atoms with Gasteiger partial charge in [-0.15, -0.1) is 0 Å². The molecule has 1 heterocycles. The molecule has 0 aromatic rings. The van der Waals surface area contributed by atoms with Crippen molar-refractivity contribution in [2.45, 2.75) is 195 Å². The molecule has 1 saturated heterocycles. The van der Waals surface area contributed by atoms with Crippen molar-refractivity contribution in [3.8, 4) is 0 Å². The number of ketones is 1. The number of rotatable bonds is 16. The van der Waals surface area contributed by atoms with E-state index in [1.807, 2.05) is 32.6 Å². The molecular weight excluding hydrogens is 630 g/mol. The Morgan fingerprint density at radius 1 is 0.680 bits per heavy atom. The lowest BCUT2D eigenvalue weighted by atomic mass is 9.48. The topological polar surface area (TPSA) is 110 Å². The summed E-state index contributed by atoms with van der Waals surface area (Å²) < 4.78 is 12.3. The van der Waals surface area contributed by atoms with Crippen molar-refractivity contribution in [1.29, 1.82) is 0 Å². The molecule has 1 fully saturated rings. The SMILES string of the molecule is CC(=O)CC(=O)OC(CC(C)(C)C(C)(C)C(CC(C)(C)C)OC(C)=O)C(C)(C)C(C)(C)C(O)C(C)(C)C(C)(C)C(N1CCCC1=O)C(C)(C)C. The van der Waals surface area contributed by atoms with Crippen molar-refractivity contribution < 1.29 is 33.8 Å². The Bertz CT molecular complexity index is 1230. The number of ether oxygens (including phenoxy) is 2. The molecule has 50 heavy (non-hydrogen) atoms. The molecule has 1 N–H and O–H groups in total. The average molecular weight is 708 g/mol. The average Bonchev–Trinajstić information content (AvgIpc) is 3.28. The molecule has 0 bridgehead atoms. The third kappa shape index (κ3) is 9.92. The Kier molecular flexibility index (Phi) is 14.0.